The van der Waals surface area contributed by atoms with Crippen LogP contribution in [0.2, 0.25) is 0 Å². The number of nitriles is 1. The van der Waals surface area contributed by atoms with Gasteiger partial charge in [-0.15, -0.1) is 0 Å². The van der Waals surface area contributed by atoms with Gasteiger partial charge in [0, 0.05) is 19.3 Å². The van der Waals surface area contributed by atoms with E-state index < -0.39 is 5.97 Å². The Bertz CT molecular complexity index is 746. The molecule has 1 atom stereocenters. The second-order valence-electron chi connectivity index (χ2n) is 7.48. The van der Waals surface area contributed by atoms with E-state index in [4.69, 9.17) is 4.74 Å². The highest BCUT2D eigenvalue weighted by Crippen LogP contribution is 2.28. The molecule has 1 unspecified atom stereocenters. The van der Waals surface area contributed by atoms with E-state index in [9.17, 15) is 14.9 Å². The third kappa shape index (κ3) is 4.67. The number of rotatable bonds is 7. The number of carbonyl (C=O) groups is 2. The van der Waals surface area contributed by atoms with Crippen molar-refractivity contribution in [2.45, 2.75) is 52.5 Å². The fourth-order valence-corrected chi connectivity index (χ4v) is 3.96. The third-order valence-corrected chi connectivity index (χ3v) is 5.41. The maximum absolute atomic E-state index is 13.2. The summed E-state index contributed by atoms with van der Waals surface area (Å²) in [6.45, 7) is 7.83. The van der Waals surface area contributed by atoms with E-state index in [1.165, 1.54) is 6.07 Å². The molecule has 146 valence electrons. The first-order valence-electron chi connectivity index (χ1n) is 9.73. The van der Waals surface area contributed by atoms with Gasteiger partial charge in [0.05, 0.1) is 49.6 Å². The van der Waals surface area contributed by atoms with Gasteiger partial charge in [-0.05, 0) is 38.0 Å². The number of benzene rings is 1. The first kappa shape index (κ1) is 20.9. The molecule has 1 heterocycles. The van der Waals surface area contributed by atoms with Gasteiger partial charge in [-0.1, -0.05) is 6.92 Å². The zero-order valence-corrected chi connectivity index (χ0v) is 16.8. The van der Waals surface area contributed by atoms with Gasteiger partial charge in [0.15, 0.2) is 6.04 Å². The van der Waals surface area contributed by atoms with Crippen molar-refractivity contribution in [2.75, 3.05) is 32.1 Å². The molecule has 1 saturated heterocycles. The van der Waals surface area contributed by atoms with Crippen LogP contribution in [0.5, 0.6) is 0 Å². The molecule has 0 aromatic heterocycles. The van der Waals surface area contributed by atoms with Crippen LogP contribution in [-0.2, 0) is 9.53 Å². The number of likely N-dealkylation sites (tertiary alicyclic amines) is 1. The summed E-state index contributed by atoms with van der Waals surface area (Å²) in [7, 11) is 2.14. The van der Waals surface area contributed by atoms with Crippen LogP contribution in [0.25, 0.3) is 0 Å². The van der Waals surface area contributed by atoms with Crippen molar-refractivity contribution in [1.82, 2.24) is 0 Å². The van der Waals surface area contributed by atoms with Crippen molar-refractivity contribution in [2.24, 2.45) is 0 Å². The summed E-state index contributed by atoms with van der Waals surface area (Å²) >= 11 is 0. The van der Waals surface area contributed by atoms with Crippen LogP contribution in [0.3, 0.4) is 0 Å². The Balaban J connectivity index is 2.37. The Hall–Kier alpha value is -2.39. The Kier molecular flexibility index (Phi) is 6.98. The van der Waals surface area contributed by atoms with Crippen molar-refractivity contribution in [3.05, 3.63) is 28.8 Å². The maximum atomic E-state index is 13.2. The fourth-order valence-electron chi connectivity index (χ4n) is 3.96. The maximum Gasteiger partial charge on any atom is 0.340 e. The molecule has 1 aromatic rings. The topological polar surface area (TPSA) is 79.2 Å². The number of anilines is 1. The molecule has 0 bridgehead atoms. The van der Waals surface area contributed by atoms with Crippen LogP contribution < -0.4 is 5.32 Å². The highest BCUT2D eigenvalue weighted by Gasteiger charge is 2.40. The minimum absolute atomic E-state index is 0.0698. The second kappa shape index (κ2) is 9.01. The van der Waals surface area contributed by atoms with Crippen LogP contribution in [-0.4, -0.2) is 49.1 Å². The molecule has 2 rings (SSSR count). The van der Waals surface area contributed by atoms with Gasteiger partial charge in [-0.2, -0.15) is 5.26 Å². The standard InChI is InChI=1S/C21H29N3O3/c1-5-9-18(24(4)10-7-8-11-24)20(25)23-19-15(3)12-16(14-22)13-17(19)21(26)27-6-2/h12-13,18H,5-11H2,1-4H3/p+1. The summed E-state index contributed by atoms with van der Waals surface area (Å²) in [4.78, 5) is 25.6. The Morgan fingerprint density at radius 1 is 1.30 bits per heavy atom. The van der Waals surface area contributed by atoms with Gasteiger partial charge in [0.1, 0.15) is 0 Å². The van der Waals surface area contributed by atoms with Gasteiger partial charge < -0.3 is 14.5 Å². The fraction of sp³-hybridized carbons (Fsp3) is 0.571. The van der Waals surface area contributed by atoms with E-state index >= 15 is 0 Å². The Morgan fingerprint density at radius 3 is 2.52 bits per heavy atom. The molecule has 0 spiro atoms. The largest absolute Gasteiger partial charge is 0.462 e. The molecular formula is C21H30N3O3+. The van der Waals surface area contributed by atoms with Gasteiger partial charge >= 0.3 is 5.97 Å². The lowest BCUT2D eigenvalue weighted by Gasteiger charge is -2.37. The molecule has 6 nitrogen and oxygen atoms in total. The lowest BCUT2D eigenvalue weighted by Crippen LogP contribution is -2.55. The third-order valence-electron chi connectivity index (χ3n) is 5.41. The molecular weight excluding hydrogens is 342 g/mol. The van der Waals surface area contributed by atoms with E-state index in [0.717, 1.165) is 43.3 Å². The monoisotopic (exact) mass is 372 g/mol. The summed E-state index contributed by atoms with van der Waals surface area (Å²) in [5.41, 5.74) is 1.74. The summed E-state index contributed by atoms with van der Waals surface area (Å²) in [5, 5.41) is 12.2. The molecule has 6 heteroatoms. The zero-order valence-electron chi connectivity index (χ0n) is 16.8. The minimum atomic E-state index is -0.526. The highest BCUT2D eigenvalue weighted by atomic mass is 16.5. The Labute approximate surface area is 161 Å². The van der Waals surface area contributed by atoms with Crippen molar-refractivity contribution in [3.8, 4) is 6.07 Å². The van der Waals surface area contributed by atoms with Crippen LogP contribution in [0.4, 0.5) is 5.69 Å². The smallest absolute Gasteiger partial charge is 0.340 e. The highest BCUT2D eigenvalue weighted by molar-refractivity contribution is 6.03. The minimum Gasteiger partial charge on any atom is -0.462 e. The number of nitrogens with zero attached hydrogens (tertiary/aromatic N) is 2. The number of hydrogen-bond donors (Lipinski definition) is 1. The predicted molar refractivity (Wildman–Crippen MR) is 104 cm³/mol. The van der Waals surface area contributed by atoms with Gasteiger partial charge in [-0.3, -0.25) is 4.79 Å². The number of amides is 1. The zero-order chi connectivity index (χ0) is 20.0. The number of aryl methyl sites for hydroxylation is 1. The van der Waals surface area contributed by atoms with Crippen LogP contribution in [0.1, 0.15) is 61.0 Å². The lowest BCUT2D eigenvalue weighted by molar-refractivity contribution is -0.913. The quantitative estimate of drug-likeness (QED) is 0.588. The number of esters is 1. The summed E-state index contributed by atoms with van der Waals surface area (Å²) in [5.74, 6) is -0.596. The molecule has 27 heavy (non-hydrogen) atoms. The molecule has 1 fully saturated rings. The SMILES string of the molecule is CCCC(C(=O)Nc1c(C)cc(C#N)cc1C(=O)OCC)[N+]1(C)CCCC1. The van der Waals surface area contributed by atoms with Crippen LogP contribution in [0.15, 0.2) is 12.1 Å². The number of ether oxygens (including phenoxy) is 1. The van der Waals surface area contributed by atoms with Gasteiger partial charge in [0.25, 0.3) is 5.91 Å². The number of carbonyl (C=O) groups excluding carboxylic acids is 2. The van der Waals surface area contributed by atoms with E-state index in [-0.39, 0.29) is 24.1 Å². The molecule has 1 aromatic carbocycles. The molecule has 1 N–H and O–H groups in total. The van der Waals surface area contributed by atoms with Crippen molar-refractivity contribution < 1.29 is 18.8 Å². The number of likely N-dealkylation sites (N-methyl/N-ethyl adjacent to an activating group) is 1. The van der Waals surface area contributed by atoms with Gasteiger partial charge in [-0.25, -0.2) is 4.79 Å². The predicted octanol–water partition coefficient (Wildman–Crippen LogP) is 3.39. The van der Waals surface area contributed by atoms with E-state index in [0.29, 0.717) is 16.8 Å². The molecule has 1 aliphatic rings. The second-order valence-corrected chi connectivity index (χ2v) is 7.48. The van der Waals surface area contributed by atoms with E-state index in [1.807, 2.05) is 0 Å². The molecule has 0 radical (unpaired) electrons. The van der Waals surface area contributed by atoms with Crippen LogP contribution >= 0.6 is 0 Å². The van der Waals surface area contributed by atoms with Crippen molar-refractivity contribution in [1.29, 1.82) is 5.26 Å². The first-order valence-corrected chi connectivity index (χ1v) is 9.73. The summed E-state index contributed by atoms with van der Waals surface area (Å²) in [6, 6.07) is 5.07. The normalized spacial score (nSPS) is 16.4. The average Bonchev–Trinajstić information content (AvgIpc) is 3.08. The van der Waals surface area contributed by atoms with E-state index in [1.54, 1.807) is 19.9 Å². The molecule has 0 saturated carbocycles. The number of nitrogens with one attached hydrogen (secondary N) is 1. The number of quaternary nitrogens is 1. The summed E-state index contributed by atoms with van der Waals surface area (Å²) in [6.07, 6.45) is 3.98. The lowest BCUT2D eigenvalue weighted by atomic mass is 10.0. The summed E-state index contributed by atoms with van der Waals surface area (Å²) < 4.78 is 5.87. The van der Waals surface area contributed by atoms with E-state index in [2.05, 4.69) is 25.4 Å². The first-order chi connectivity index (χ1) is 12.9. The van der Waals surface area contributed by atoms with Crippen molar-refractivity contribution >= 4 is 17.6 Å². The molecule has 0 aliphatic carbocycles. The average molecular weight is 372 g/mol. The Morgan fingerprint density at radius 2 is 1.96 bits per heavy atom. The van der Waals surface area contributed by atoms with Crippen molar-refractivity contribution in [3.63, 3.8) is 0 Å². The molecule has 1 aliphatic heterocycles. The number of hydrogen-bond acceptors (Lipinski definition) is 4. The molecule has 1 amide bonds. The van der Waals surface area contributed by atoms with Crippen LogP contribution in [0, 0.1) is 18.3 Å². The van der Waals surface area contributed by atoms with Gasteiger partial charge in [0.2, 0.25) is 0 Å².